The van der Waals surface area contributed by atoms with Gasteiger partial charge in [0.25, 0.3) is 0 Å². The summed E-state index contributed by atoms with van der Waals surface area (Å²) in [6, 6.07) is 11.3. The largest absolute Gasteiger partial charge is 0.324 e. The van der Waals surface area contributed by atoms with Crippen LogP contribution >= 0.6 is 27.7 Å². The number of rotatable bonds is 3. The zero-order valence-corrected chi connectivity index (χ0v) is 13.2. The molecule has 0 amide bonds. The van der Waals surface area contributed by atoms with Crippen LogP contribution in [0, 0.1) is 12.7 Å². The summed E-state index contributed by atoms with van der Waals surface area (Å²) in [7, 11) is 0. The van der Waals surface area contributed by atoms with Crippen LogP contribution in [0.3, 0.4) is 0 Å². The first-order valence-electron chi connectivity index (χ1n) is 5.96. The zero-order chi connectivity index (χ0) is 14.0. The van der Waals surface area contributed by atoms with Crippen molar-refractivity contribution in [3.05, 3.63) is 57.8 Å². The van der Waals surface area contributed by atoms with E-state index in [-0.39, 0.29) is 11.9 Å². The summed E-state index contributed by atoms with van der Waals surface area (Å²) in [6.45, 7) is 3.64. The van der Waals surface area contributed by atoms with Crippen molar-refractivity contribution in [2.45, 2.75) is 29.7 Å². The lowest BCUT2D eigenvalue weighted by atomic mass is 10.1. The zero-order valence-electron chi connectivity index (χ0n) is 10.8. The Hall–Kier alpha value is -0.840. The Morgan fingerprint density at radius 3 is 2.42 bits per heavy atom. The molecule has 19 heavy (non-hydrogen) atoms. The van der Waals surface area contributed by atoms with E-state index in [0.717, 1.165) is 19.8 Å². The summed E-state index contributed by atoms with van der Waals surface area (Å²) in [5.41, 5.74) is 7.41. The molecule has 100 valence electrons. The van der Waals surface area contributed by atoms with Crippen LogP contribution in [-0.4, -0.2) is 0 Å². The monoisotopic (exact) mass is 339 g/mol. The van der Waals surface area contributed by atoms with E-state index in [0.29, 0.717) is 5.56 Å². The molecule has 2 N–H and O–H groups in total. The topological polar surface area (TPSA) is 26.0 Å². The van der Waals surface area contributed by atoms with Crippen LogP contribution in [0.25, 0.3) is 0 Å². The molecule has 0 bridgehead atoms. The predicted octanol–water partition coefficient (Wildman–Crippen LogP) is 5.07. The van der Waals surface area contributed by atoms with Gasteiger partial charge in [0.2, 0.25) is 0 Å². The van der Waals surface area contributed by atoms with Crippen LogP contribution in [0.15, 0.2) is 50.7 Å². The molecular weight excluding hydrogens is 325 g/mol. The van der Waals surface area contributed by atoms with E-state index in [1.807, 2.05) is 37.3 Å². The fourth-order valence-electron chi connectivity index (χ4n) is 1.74. The van der Waals surface area contributed by atoms with Crippen molar-refractivity contribution in [3.63, 3.8) is 0 Å². The summed E-state index contributed by atoms with van der Waals surface area (Å²) >= 11 is 5.02. The van der Waals surface area contributed by atoms with Crippen LogP contribution in [0.1, 0.15) is 24.1 Å². The lowest BCUT2D eigenvalue weighted by Crippen LogP contribution is -2.07. The highest BCUT2D eigenvalue weighted by Crippen LogP contribution is 2.34. The Morgan fingerprint density at radius 1 is 1.21 bits per heavy atom. The third-order valence-electron chi connectivity index (χ3n) is 2.82. The van der Waals surface area contributed by atoms with Crippen molar-refractivity contribution in [1.29, 1.82) is 0 Å². The summed E-state index contributed by atoms with van der Waals surface area (Å²) in [4.78, 5) is 2.12. The van der Waals surface area contributed by atoms with E-state index in [9.17, 15) is 4.39 Å². The fourth-order valence-corrected chi connectivity index (χ4v) is 3.13. The summed E-state index contributed by atoms with van der Waals surface area (Å²) in [6.07, 6.45) is 0. The van der Waals surface area contributed by atoms with Gasteiger partial charge in [-0.05, 0) is 61.4 Å². The average molecular weight is 340 g/mol. The van der Waals surface area contributed by atoms with E-state index in [1.165, 1.54) is 0 Å². The van der Waals surface area contributed by atoms with E-state index in [2.05, 4.69) is 15.9 Å². The van der Waals surface area contributed by atoms with Crippen molar-refractivity contribution in [1.82, 2.24) is 0 Å². The van der Waals surface area contributed by atoms with Crippen LogP contribution in [0.5, 0.6) is 0 Å². The first-order valence-corrected chi connectivity index (χ1v) is 7.57. The molecule has 2 rings (SSSR count). The minimum absolute atomic E-state index is 0.187. The van der Waals surface area contributed by atoms with Gasteiger partial charge in [0.1, 0.15) is 5.82 Å². The maximum atomic E-state index is 13.6. The highest BCUT2D eigenvalue weighted by molar-refractivity contribution is 9.10. The van der Waals surface area contributed by atoms with Gasteiger partial charge in [-0.25, -0.2) is 4.39 Å². The Labute approximate surface area is 125 Å². The Kier molecular flexibility index (Phi) is 4.66. The minimum Gasteiger partial charge on any atom is -0.324 e. The van der Waals surface area contributed by atoms with E-state index in [4.69, 9.17) is 5.73 Å². The second kappa shape index (κ2) is 6.07. The molecule has 1 unspecified atom stereocenters. The Bertz CT molecular complexity index is 581. The van der Waals surface area contributed by atoms with Gasteiger partial charge in [-0.1, -0.05) is 27.7 Å². The highest BCUT2D eigenvalue weighted by Gasteiger charge is 2.12. The van der Waals surface area contributed by atoms with Gasteiger partial charge in [-0.15, -0.1) is 0 Å². The molecule has 0 aromatic heterocycles. The summed E-state index contributed by atoms with van der Waals surface area (Å²) in [5.74, 6) is -0.201. The lowest BCUT2D eigenvalue weighted by Gasteiger charge is -2.14. The molecule has 0 aliphatic carbocycles. The van der Waals surface area contributed by atoms with Crippen molar-refractivity contribution in [3.8, 4) is 0 Å². The molecule has 0 radical (unpaired) electrons. The molecule has 0 spiro atoms. The van der Waals surface area contributed by atoms with Crippen molar-refractivity contribution < 1.29 is 4.39 Å². The molecule has 0 aliphatic rings. The molecule has 0 fully saturated rings. The van der Waals surface area contributed by atoms with E-state index < -0.39 is 0 Å². The van der Waals surface area contributed by atoms with Gasteiger partial charge in [0.05, 0.1) is 0 Å². The van der Waals surface area contributed by atoms with Crippen LogP contribution in [0.2, 0.25) is 0 Å². The normalized spacial score (nSPS) is 12.5. The number of benzene rings is 2. The molecule has 4 heteroatoms. The second-order valence-electron chi connectivity index (χ2n) is 4.48. The maximum absolute atomic E-state index is 13.6. The number of halogens is 2. The smallest absolute Gasteiger partial charge is 0.126 e. The molecule has 0 heterocycles. The lowest BCUT2D eigenvalue weighted by molar-refractivity contribution is 0.610. The predicted molar refractivity (Wildman–Crippen MR) is 82.0 cm³/mol. The fraction of sp³-hybridized carbons (Fsp3) is 0.200. The van der Waals surface area contributed by atoms with Gasteiger partial charge in [0, 0.05) is 20.3 Å². The molecule has 1 atom stereocenters. The number of hydrogen-bond acceptors (Lipinski definition) is 2. The minimum atomic E-state index is -0.201. The Balaban J connectivity index is 2.38. The third-order valence-corrected chi connectivity index (χ3v) is 4.43. The van der Waals surface area contributed by atoms with Crippen molar-refractivity contribution in [2.24, 2.45) is 5.73 Å². The molecule has 0 aliphatic heterocycles. The van der Waals surface area contributed by atoms with Crippen LogP contribution < -0.4 is 5.73 Å². The third kappa shape index (κ3) is 3.59. The van der Waals surface area contributed by atoms with E-state index >= 15 is 0 Å². The maximum Gasteiger partial charge on any atom is 0.126 e. The van der Waals surface area contributed by atoms with Crippen molar-refractivity contribution >= 4 is 27.7 Å². The molecule has 1 nitrogen and oxygen atoms in total. The number of hydrogen-bond donors (Lipinski definition) is 1. The molecule has 2 aromatic carbocycles. The Morgan fingerprint density at radius 2 is 1.84 bits per heavy atom. The SMILES string of the molecule is Cc1cc(Sc2ccc(Br)cc2)c(C(C)N)cc1F. The average Bonchev–Trinajstić information content (AvgIpc) is 2.36. The number of nitrogens with two attached hydrogens (primary N) is 1. The summed E-state index contributed by atoms with van der Waals surface area (Å²) in [5, 5.41) is 0. The van der Waals surface area contributed by atoms with Gasteiger partial charge in [0.15, 0.2) is 0 Å². The quantitative estimate of drug-likeness (QED) is 0.844. The number of aryl methyl sites for hydroxylation is 1. The second-order valence-corrected chi connectivity index (χ2v) is 6.51. The van der Waals surface area contributed by atoms with Gasteiger partial charge < -0.3 is 5.73 Å². The standard InChI is InChI=1S/C15H15BrFNS/c1-9-7-15(13(10(2)18)8-14(9)17)19-12-5-3-11(16)4-6-12/h3-8,10H,18H2,1-2H3. The molecule has 0 saturated heterocycles. The first-order chi connectivity index (χ1) is 8.97. The van der Waals surface area contributed by atoms with Crippen LogP contribution in [-0.2, 0) is 0 Å². The molecule has 0 saturated carbocycles. The molecule has 2 aromatic rings. The summed E-state index contributed by atoms with van der Waals surface area (Å²) < 4.78 is 14.7. The highest BCUT2D eigenvalue weighted by atomic mass is 79.9. The van der Waals surface area contributed by atoms with Crippen molar-refractivity contribution in [2.75, 3.05) is 0 Å². The van der Waals surface area contributed by atoms with E-state index in [1.54, 1.807) is 24.8 Å². The van der Waals surface area contributed by atoms with Crippen LogP contribution in [0.4, 0.5) is 4.39 Å². The molecular formula is C15H15BrFNS. The first kappa shape index (κ1) is 14.6. The van der Waals surface area contributed by atoms with Gasteiger partial charge >= 0.3 is 0 Å². The van der Waals surface area contributed by atoms with Gasteiger partial charge in [-0.2, -0.15) is 0 Å². The van der Waals surface area contributed by atoms with Gasteiger partial charge in [-0.3, -0.25) is 0 Å².